The summed E-state index contributed by atoms with van der Waals surface area (Å²) in [5.74, 6) is -0.897. The van der Waals surface area contributed by atoms with Gasteiger partial charge < -0.3 is 5.11 Å². The molecule has 0 aromatic heterocycles. The quantitative estimate of drug-likeness (QED) is 0.331. The van der Waals surface area contributed by atoms with Gasteiger partial charge in [0.05, 0.1) is 16.5 Å². The van der Waals surface area contributed by atoms with Crippen LogP contribution in [-0.2, 0) is 21.0 Å². The van der Waals surface area contributed by atoms with Crippen molar-refractivity contribution in [2.24, 2.45) is 0 Å². The molecule has 30 heavy (non-hydrogen) atoms. The highest BCUT2D eigenvalue weighted by molar-refractivity contribution is 7.97. The first-order valence-electron chi connectivity index (χ1n) is 8.22. The van der Waals surface area contributed by atoms with Crippen LogP contribution in [0, 0.1) is 0 Å². The molecule has 0 saturated heterocycles. The third kappa shape index (κ3) is 6.34. The number of alkyl halides is 3. The second kappa shape index (κ2) is 9.79. The molecule has 5 nitrogen and oxygen atoms in total. The largest absolute Gasteiger partial charge is 0.522 e. The van der Waals surface area contributed by atoms with Crippen molar-refractivity contribution in [2.75, 3.05) is 0 Å². The Morgan fingerprint density at radius 3 is 1.37 bits per heavy atom. The third-order valence-corrected chi connectivity index (χ3v) is 6.40. The maximum atomic E-state index is 11.0. The monoisotopic (exact) mass is 457 g/mol. The smallest absolute Gasteiger partial charge is 0.478 e. The van der Waals surface area contributed by atoms with E-state index in [0.29, 0.717) is 5.56 Å². The zero-order valence-electron chi connectivity index (χ0n) is 15.2. The summed E-state index contributed by atoms with van der Waals surface area (Å²) in [6, 6.07) is 27.7. The highest BCUT2D eigenvalue weighted by Gasteiger charge is 2.44. The SMILES string of the molecule is O=C(O)c1ccc([S+](c2ccccc2)c2ccccc2)cc1.O=S(=O)(O)C(F)(F)F. The molecule has 0 spiro atoms. The molecule has 0 amide bonds. The van der Waals surface area contributed by atoms with Crippen molar-refractivity contribution in [1.82, 2.24) is 0 Å². The van der Waals surface area contributed by atoms with Crippen LogP contribution < -0.4 is 0 Å². The van der Waals surface area contributed by atoms with Gasteiger partial charge in [0.1, 0.15) is 0 Å². The van der Waals surface area contributed by atoms with E-state index in [1.54, 1.807) is 12.1 Å². The molecule has 0 bridgehead atoms. The van der Waals surface area contributed by atoms with Crippen molar-refractivity contribution in [2.45, 2.75) is 20.2 Å². The molecule has 2 N–H and O–H groups in total. The number of carbonyl (C=O) groups is 1. The van der Waals surface area contributed by atoms with E-state index in [1.165, 1.54) is 9.79 Å². The minimum atomic E-state index is -5.84. The van der Waals surface area contributed by atoms with Gasteiger partial charge in [-0.05, 0) is 48.5 Å². The lowest BCUT2D eigenvalue weighted by atomic mass is 10.2. The lowest BCUT2D eigenvalue weighted by molar-refractivity contribution is -0.0510. The standard InChI is InChI=1S/C19H14O2S.CHF3O3S/c20-19(21)15-11-13-18(14-12-15)22(16-7-3-1-4-8-16)17-9-5-2-6-10-17;2-1(3,4)8(5,6)7/h1-14H;(H,5,6,7)/p+1. The Kier molecular flexibility index (Phi) is 7.65. The van der Waals surface area contributed by atoms with Gasteiger partial charge in [-0.15, -0.1) is 0 Å². The molecule has 10 heteroatoms. The van der Waals surface area contributed by atoms with Crippen molar-refractivity contribution in [3.05, 3.63) is 90.5 Å². The van der Waals surface area contributed by atoms with Gasteiger partial charge >= 0.3 is 21.6 Å². The number of carboxylic acids is 1. The van der Waals surface area contributed by atoms with Gasteiger partial charge in [-0.2, -0.15) is 21.6 Å². The van der Waals surface area contributed by atoms with Crippen LogP contribution in [-0.4, -0.2) is 29.6 Å². The average Bonchev–Trinajstić information content (AvgIpc) is 2.69. The van der Waals surface area contributed by atoms with Crippen molar-refractivity contribution in [1.29, 1.82) is 0 Å². The number of carboxylic acid groups (broad SMARTS) is 1. The van der Waals surface area contributed by atoms with E-state index >= 15 is 0 Å². The zero-order valence-corrected chi connectivity index (χ0v) is 16.8. The van der Waals surface area contributed by atoms with Crippen LogP contribution in [0.1, 0.15) is 10.4 Å². The molecule has 0 unspecified atom stereocenters. The Hall–Kier alpha value is -2.82. The van der Waals surface area contributed by atoms with Crippen LogP contribution in [0.25, 0.3) is 0 Å². The first kappa shape index (κ1) is 23.5. The molecule has 3 aromatic carbocycles. The van der Waals surface area contributed by atoms with Crippen LogP contribution in [0.4, 0.5) is 13.2 Å². The van der Waals surface area contributed by atoms with E-state index in [4.69, 9.17) is 18.1 Å². The topological polar surface area (TPSA) is 91.7 Å². The first-order valence-corrected chi connectivity index (χ1v) is 10.9. The molecule has 0 aliphatic rings. The molecule has 0 saturated carbocycles. The van der Waals surface area contributed by atoms with Gasteiger partial charge in [0, 0.05) is 0 Å². The third-order valence-electron chi connectivity index (χ3n) is 3.59. The molecule has 0 aliphatic carbocycles. The molecule has 0 fully saturated rings. The summed E-state index contributed by atoms with van der Waals surface area (Å²) in [5, 5.41) is 9.05. The second-order valence-electron chi connectivity index (χ2n) is 5.68. The summed E-state index contributed by atoms with van der Waals surface area (Å²) in [7, 11) is -6.07. The fourth-order valence-corrected chi connectivity index (χ4v) is 4.34. The van der Waals surface area contributed by atoms with Gasteiger partial charge in [-0.25, -0.2) is 4.79 Å². The Labute approximate surface area is 173 Å². The molecule has 0 radical (unpaired) electrons. The Morgan fingerprint density at radius 1 is 0.733 bits per heavy atom. The van der Waals surface area contributed by atoms with E-state index in [9.17, 15) is 18.0 Å². The Morgan fingerprint density at radius 2 is 1.07 bits per heavy atom. The highest BCUT2D eigenvalue weighted by Crippen LogP contribution is 2.31. The van der Waals surface area contributed by atoms with Crippen molar-refractivity contribution < 1.29 is 36.0 Å². The van der Waals surface area contributed by atoms with Crippen molar-refractivity contribution in [3.63, 3.8) is 0 Å². The van der Waals surface area contributed by atoms with Crippen LogP contribution in [0.5, 0.6) is 0 Å². The van der Waals surface area contributed by atoms with E-state index in [1.807, 2.05) is 48.5 Å². The lowest BCUT2D eigenvalue weighted by Crippen LogP contribution is -2.21. The first-order chi connectivity index (χ1) is 14.0. The van der Waals surface area contributed by atoms with Crippen molar-refractivity contribution in [3.8, 4) is 0 Å². The Balaban J connectivity index is 0.000000343. The molecule has 0 heterocycles. The van der Waals surface area contributed by atoms with E-state index in [2.05, 4.69) is 24.3 Å². The predicted molar refractivity (Wildman–Crippen MR) is 106 cm³/mol. The molecule has 0 aliphatic heterocycles. The zero-order chi connectivity index (χ0) is 22.4. The van der Waals surface area contributed by atoms with Gasteiger partial charge in [0.15, 0.2) is 14.7 Å². The average molecular weight is 457 g/mol. The van der Waals surface area contributed by atoms with Gasteiger partial charge in [-0.3, -0.25) is 4.55 Å². The number of hydrogen-bond acceptors (Lipinski definition) is 3. The van der Waals surface area contributed by atoms with Gasteiger partial charge in [0.2, 0.25) is 0 Å². The highest BCUT2D eigenvalue weighted by atomic mass is 32.2. The number of rotatable bonds is 4. The van der Waals surface area contributed by atoms with Crippen LogP contribution in [0.2, 0.25) is 0 Å². The van der Waals surface area contributed by atoms with E-state index < -0.39 is 21.6 Å². The van der Waals surface area contributed by atoms with Crippen LogP contribution >= 0.6 is 0 Å². The fourth-order valence-electron chi connectivity index (χ4n) is 2.25. The summed E-state index contributed by atoms with van der Waals surface area (Å²) < 4.78 is 57.5. The number of aromatic carboxylic acids is 1. The maximum Gasteiger partial charge on any atom is 0.522 e. The van der Waals surface area contributed by atoms with Crippen LogP contribution in [0.15, 0.2) is 99.6 Å². The van der Waals surface area contributed by atoms with Gasteiger partial charge in [-0.1, -0.05) is 36.4 Å². The molecule has 158 valence electrons. The molecular formula is C20H16F3O5S2+. The number of halogens is 3. The summed E-state index contributed by atoms with van der Waals surface area (Å²) in [6.07, 6.45) is 0. The lowest BCUT2D eigenvalue weighted by Gasteiger charge is -2.07. The fraction of sp³-hybridized carbons (Fsp3) is 0.0500. The molecular weight excluding hydrogens is 441 g/mol. The molecule has 3 rings (SSSR count). The predicted octanol–water partition coefficient (Wildman–Crippen LogP) is 4.87. The minimum absolute atomic E-state index is 0.229. The Bertz CT molecular complexity index is 1030. The van der Waals surface area contributed by atoms with Gasteiger partial charge in [0.25, 0.3) is 0 Å². The summed E-state index contributed by atoms with van der Waals surface area (Å²) in [6.45, 7) is 0. The van der Waals surface area contributed by atoms with Crippen LogP contribution in [0.3, 0.4) is 0 Å². The minimum Gasteiger partial charge on any atom is -0.478 e. The van der Waals surface area contributed by atoms with Crippen molar-refractivity contribution >= 4 is 27.0 Å². The second-order valence-corrected chi connectivity index (χ2v) is 9.12. The maximum absolute atomic E-state index is 11.0. The summed E-state index contributed by atoms with van der Waals surface area (Å²) in [5.41, 5.74) is -5.22. The molecule has 0 atom stereocenters. The number of benzene rings is 3. The normalized spacial score (nSPS) is 11.5. The number of hydrogen-bond donors (Lipinski definition) is 2. The summed E-state index contributed by atoms with van der Waals surface area (Å²) in [4.78, 5) is 14.6. The van der Waals surface area contributed by atoms with E-state index in [-0.39, 0.29) is 10.9 Å². The summed E-state index contributed by atoms with van der Waals surface area (Å²) >= 11 is 0. The molecule has 3 aromatic rings. The van der Waals surface area contributed by atoms with E-state index in [0.717, 1.165) is 4.90 Å².